The molecule has 0 aliphatic carbocycles. The van der Waals surface area contributed by atoms with Crippen molar-refractivity contribution in [2.75, 3.05) is 31.3 Å². The second-order valence-corrected chi connectivity index (χ2v) is 4.34. The van der Waals surface area contributed by atoms with E-state index in [-0.39, 0.29) is 5.60 Å². The highest BCUT2D eigenvalue weighted by Crippen LogP contribution is 2.21. The summed E-state index contributed by atoms with van der Waals surface area (Å²) in [5.41, 5.74) is 6.05. The molecule has 0 spiro atoms. The maximum Gasteiger partial charge on any atom is 0.239 e. The first-order chi connectivity index (χ1) is 7.98. The molecule has 1 aromatic rings. The van der Waals surface area contributed by atoms with Crippen molar-refractivity contribution in [3.63, 3.8) is 0 Å². The minimum absolute atomic E-state index is 0.241. The number of aromatic nitrogens is 1. The van der Waals surface area contributed by atoms with Gasteiger partial charge in [0.15, 0.2) is 0 Å². The Bertz CT molecular complexity index is 367. The van der Waals surface area contributed by atoms with E-state index in [0.717, 1.165) is 5.82 Å². The first-order valence-corrected chi connectivity index (χ1v) is 5.67. The van der Waals surface area contributed by atoms with Gasteiger partial charge in [-0.05, 0) is 32.9 Å². The molecule has 96 valence electrons. The lowest BCUT2D eigenvalue weighted by molar-refractivity contribution is 0.0343. The first-order valence-electron chi connectivity index (χ1n) is 5.67. The predicted molar refractivity (Wildman–Crippen MR) is 69.4 cm³/mol. The molecule has 1 aromatic heterocycles. The number of ether oxygens (including phenoxy) is 2. The molecule has 0 saturated heterocycles. The van der Waals surface area contributed by atoms with Crippen LogP contribution in [0.1, 0.15) is 20.8 Å². The molecule has 0 fully saturated rings. The molecule has 5 heteroatoms. The fraction of sp³-hybridized carbons (Fsp3) is 0.583. The summed E-state index contributed by atoms with van der Waals surface area (Å²) < 4.78 is 10.6. The number of rotatable bonds is 6. The van der Waals surface area contributed by atoms with Gasteiger partial charge in [0, 0.05) is 13.7 Å². The number of nitrogens with two attached hydrogens (primary N) is 1. The van der Waals surface area contributed by atoms with Crippen molar-refractivity contribution in [2.45, 2.75) is 26.4 Å². The molecular formula is C12H21N3O2. The van der Waals surface area contributed by atoms with Crippen LogP contribution in [0.5, 0.6) is 5.88 Å². The summed E-state index contributed by atoms with van der Waals surface area (Å²) in [6.45, 7) is 7.10. The third-order valence-electron chi connectivity index (χ3n) is 2.42. The maximum absolute atomic E-state index is 5.74. The van der Waals surface area contributed by atoms with Crippen LogP contribution in [0.25, 0.3) is 0 Å². The van der Waals surface area contributed by atoms with Crippen molar-refractivity contribution in [2.24, 2.45) is 0 Å². The van der Waals surface area contributed by atoms with Gasteiger partial charge in [-0.2, -0.15) is 4.98 Å². The van der Waals surface area contributed by atoms with Crippen LogP contribution in [0, 0.1) is 0 Å². The van der Waals surface area contributed by atoms with E-state index in [4.69, 9.17) is 15.2 Å². The molecule has 0 aliphatic rings. The summed E-state index contributed by atoms with van der Waals surface area (Å²) in [5, 5.41) is 3.19. The number of nitrogens with zero attached hydrogens (tertiary/aromatic N) is 1. The maximum atomic E-state index is 5.74. The van der Waals surface area contributed by atoms with Gasteiger partial charge in [0.1, 0.15) is 5.82 Å². The van der Waals surface area contributed by atoms with Crippen LogP contribution in [-0.4, -0.2) is 30.8 Å². The Labute approximate surface area is 102 Å². The zero-order valence-corrected chi connectivity index (χ0v) is 10.9. The molecule has 3 N–H and O–H groups in total. The molecule has 0 atom stereocenters. The number of methoxy groups -OCH3 is 1. The van der Waals surface area contributed by atoms with Crippen LogP contribution in [0.2, 0.25) is 0 Å². The molecule has 0 unspecified atom stereocenters. The molecule has 17 heavy (non-hydrogen) atoms. The Morgan fingerprint density at radius 3 is 2.71 bits per heavy atom. The number of nitrogens with one attached hydrogen (secondary N) is 1. The predicted octanol–water partition coefficient (Wildman–Crippen LogP) is 1.90. The zero-order chi connectivity index (χ0) is 12.9. The monoisotopic (exact) mass is 239 g/mol. The van der Waals surface area contributed by atoms with Gasteiger partial charge in [0.05, 0.1) is 17.9 Å². The number of anilines is 2. The van der Waals surface area contributed by atoms with E-state index in [1.54, 1.807) is 13.2 Å². The van der Waals surface area contributed by atoms with Gasteiger partial charge in [-0.3, -0.25) is 0 Å². The summed E-state index contributed by atoms with van der Waals surface area (Å²) in [7, 11) is 1.68. The second kappa shape index (κ2) is 5.72. The van der Waals surface area contributed by atoms with Gasteiger partial charge < -0.3 is 20.5 Å². The van der Waals surface area contributed by atoms with Crippen molar-refractivity contribution in [1.29, 1.82) is 0 Å². The molecular weight excluding hydrogens is 218 g/mol. The van der Waals surface area contributed by atoms with Crippen molar-refractivity contribution in [1.82, 2.24) is 4.98 Å². The third-order valence-corrected chi connectivity index (χ3v) is 2.42. The van der Waals surface area contributed by atoms with Crippen LogP contribution in [0.3, 0.4) is 0 Å². The lowest BCUT2D eigenvalue weighted by atomic mass is 10.1. The highest BCUT2D eigenvalue weighted by molar-refractivity contribution is 5.53. The lowest BCUT2D eigenvalue weighted by Gasteiger charge is -2.23. The van der Waals surface area contributed by atoms with Crippen molar-refractivity contribution in [3.05, 3.63) is 12.1 Å². The average Bonchev–Trinajstić information content (AvgIpc) is 2.31. The van der Waals surface area contributed by atoms with Crippen molar-refractivity contribution < 1.29 is 9.47 Å². The quantitative estimate of drug-likeness (QED) is 0.793. The van der Waals surface area contributed by atoms with Gasteiger partial charge in [-0.15, -0.1) is 0 Å². The average molecular weight is 239 g/mol. The number of nitrogen functional groups attached to an aromatic ring is 1. The summed E-state index contributed by atoms with van der Waals surface area (Å²) in [6, 6.07) is 3.60. The van der Waals surface area contributed by atoms with Crippen molar-refractivity contribution in [3.8, 4) is 5.88 Å². The zero-order valence-electron chi connectivity index (χ0n) is 10.9. The van der Waals surface area contributed by atoms with Crippen molar-refractivity contribution >= 4 is 11.5 Å². The van der Waals surface area contributed by atoms with E-state index < -0.39 is 0 Å². The minimum atomic E-state index is -0.241. The SMILES string of the molecule is CCOc1nc(NCC(C)(C)OC)ccc1N. The minimum Gasteiger partial charge on any atom is -0.476 e. The van der Waals surface area contributed by atoms with Crippen LogP contribution in [-0.2, 0) is 4.74 Å². The summed E-state index contributed by atoms with van der Waals surface area (Å²) in [6.07, 6.45) is 0. The highest BCUT2D eigenvalue weighted by atomic mass is 16.5. The van der Waals surface area contributed by atoms with Crippen LogP contribution < -0.4 is 15.8 Å². The summed E-state index contributed by atoms with van der Waals surface area (Å²) in [4.78, 5) is 4.29. The van der Waals surface area contributed by atoms with Gasteiger partial charge in [-0.1, -0.05) is 0 Å². The number of pyridine rings is 1. The van der Waals surface area contributed by atoms with Gasteiger partial charge >= 0.3 is 0 Å². The molecule has 0 radical (unpaired) electrons. The largest absolute Gasteiger partial charge is 0.476 e. The van der Waals surface area contributed by atoms with E-state index in [9.17, 15) is 0 Å². The summed E-state index contributed by atoms with van der Waals surface area (Å²) in [5.74, 6) is 1.19. The molecule has 0 bridgehead atoms. The molecule has 5 nitrogen and oxygen atoms in total. The van der Waals surface area contributed by atoms with E-state index in [1.165, 1.54) is 0 Å². The Morgan fingerprint density at radius 2 is 2.12 bits per heavy atom. The van der Waals surface area contributed by atoms with E-state index in [1.807, 2.05) is 26.8 Å². The van der Waals surface area contributed by atoms with Gasteiger partial charge in [0.25, 0.3) is 0 Å². The van der Waals surface area contributed by atoms with Crippen LogP contribution >= 0.6 is 0 Å². The Balaban J connectivity index is 2.69. The Hall–Kier alpha value is -1.49. The fourth-order valence-corrected chi connectivity index (χ4v) is 1.18. The standard InChI is InChI=1S/C12H21N3O2/c1-5-17-11-9(13)6-7-10(15-11)14-8-12(2,3)16-4/h6-7H,5,8,13H2,1-4H3,(H,14,15). The normalized spacial score (nSPS) is 11.3. The molecule has 0 aromatic carbocycles. The molecule has 1 rings (SSSR count). The first kappa shape index (κ1) is 13.6. The number of hydrogen-bond donors (Lipinski definition) is 2. The van der Waals surface area contributed by atoms with Crippen LogP contribution in [0.4, 0.5) is 11.5 Å². The van der Waals surface area contributed by atoms with E-state index >= 15 is 0 Å². The second-order valence-electron chi connectivity index (χ2n) is 4.34. The van der Waals surface area contributed by atoms with E-state index in [0.29, 0.717) is 24.7 Å². The Kier molecular flexibility index (Phi) is 4.57. The van der Waals surface area contributed by atoms with E-state index in [2.05, 4.69) is 10.3 Å². The molecule has 0 aliphatic heterocycles. The lowest BCUT2D eigenvalue weighted by Crippen LogP contribution is -2.32. The molecule has 0 amide bonds. The van der Waals surface area contributed by atoms with Gasteiger partial charge in [-0.25, -0.2) is 0 Å². The molecule has 1 heterocycles. The smallest absolute Gasteiger partial charge is 0.239 e. The third kappa shape index (κ3) is 4.11. The summed E-state index contributed by atoms with van der Waals surface area (Å²) >= 11 is 0. The highest BCUT2D eigenvalue weighted by Gasteiger charge is 2.16. The van der Waals surface area contributed by atoms with Crippen LogP contribution in [0.15, 0.2) is 12.1 Å². The molecule has 0 saturated carbocycles. The Morgan fingerprint density at radius 1 is 1.41 bits per heavy atom. The fourth-order valence-electron chi connectivity index (χ4n) is 1.18. The number of hydrogen-bond acceptors (Lipinski definition) is 5. The topological polar surface area (TPSA) is 69.4 Å². The van der Waals surface area contributed by atoms with Gasteiger partial charge in [0.2, 0.25) is 5.88 Å².